The third-order valence-electron chi connectivity index (χ3n) is 4.72. The minimum absolute atomic E-state index is 0.253. The highest BCUT2D eigenvalue weighted by molar-refractivity contribution is 6.06. The normalized spacial score (nSPS) is 16.0. The number of nitrogens with zero attached hydrogens (tertiary/aromatic N) is 3. The van der Waals surface area contributed by atoms with Crippen LogP contribution in [-0.4, -0.2) is 33.0 Å². The molecule has 0 bridgehead atoms. The predicted molar refractivity (Wildman–Crippen MR) is 91.5 cm³/mol. The molecule has 7 nitrogen and oxygen atoms in total. The van der Waals surface area contributed by atoms with Gasteiger partial charge in [0.1, 0.15) is 5.56 Å². The SMILES string of the molecule is COc1c(C(=O)Nc2cc(C3CCCCCC3)[nH]n2)c(C)nn1C. The second-order valence-electron chi connectivity index (χ2n) is 6.44. The highest BCUT2D eigenvalue weighted by Gasteiger charge is 2.23. The molecule has 24 heavy (non-hydrogen) atoms. The zero-order valence-corrected chi connectivity index (χ0v) is 14.6. The van der Waals surface area contributed by atoms with Crippen molar-refractivity contribution in [3.8, 4) is 5.88 Å². The lowest BCUT2D eigenvalue weighted by Crippen LogP contribution is -2.14. The van der Waals surface area contributed by atoms with E-state index < -0.39 is 0 Å². The van der Waals surface area contributed by atoms with E-state index in [2.05, 4.69) is 20.6 Å². The summed E-state index contributed by atoms with van der Waals surface area (Å²) in [6.45, 7) is 1.79. The van der Waals surface area contributed by atoms with Gasteiger partial charge in [0.2, 0.25) is 5.88 Å². The van der Waals surface area contributed by atoms with Gasteiger partial charge in [-0.05, 0) is 19.8 Å². The van der Waals surface area contributed by atoms with Crippen LogP contribution in [0, 0.1) is 6.92 Å². The van der Waals surface area contributed by atoms with Gasteiger partial charge >= 0.3 is 0 Å². The number of hydrogen-bond acceptors (Lipinski definition) is 4. The summed E-state index contributed by atoms with van der Waals surface area (Å²) in [6.07, 6.45) is 7.52. The Balaban J connectivity index is 1.74. The van der Waals surface area contributed by atoms with Gasteiger partial charge in [-0.2, -0.15) is 10.2 Å². The van der Waals surface area contributed by atoms with Crippen molar-refractivity contribution >= 4 is 11.7 Å². The summed E-state index contributed by atoms with van der Waals surface area (Å²) in [7, 11) is 3.28. The van der Waals surface area contributed by atoms with Crippen LogP contribution in [0.3, 0.4) is 0 Å². The number of hydrogen-bond donors (Lipinski definition) is 2. The van der Waals surface area contributed by atoms with Crippen LogP contribution in [-0.2, 0) is 7.05 Å². The van der Waals surface area contributed by atoms with E-state index in [-0.39, 0.29) is 5.91 Å². The van der Waals surface area contributed by atoms with E-state index in [1.807, 2.05) is 6.07 Å². The smallest absolute Gasteiger partial charge is 0.264 e. The molecule has 3 rings (SSSR count). The van der Waals surface area contributed by atoms with Crippen molar-refractivity contribution < 1.29 is 9.53 Å². The lowest BCUT2D eigenvalue weighted by atomic mass is 9.97. The van der Waals surface area contributed by atoms with Crippen molar-refractivity contribution in [1.82, 2.24) is 20.0 Å². The maximum absolute atomic E-state index is 12.6. The Kier molecular flexibility index (Phi) is 4.87. The molecule has 1 saturated carbocycles. The highest BCUT2D eigenvalue weighted by Crippen LogP contribution is 2.31. The topological polar surface area (TPSA) is 84.8 Å². The molecule has 0 aliphatic heterocycles. The summed E-state index contributed by atoms with van der Waals surface area (Å²) in [5, 5.41) is 14.4. The van der Waals surface area contributed by atoms with Crippen molar-refractivity contribution in [3.05, 3.63) is 23.0 Å². The molecule has 0 spiro atoms. The Hall–Kier alpha value is -2.31. The molecule has 0 saturated heterocycles. The van der Waals surface area contributed by atoms with E-state index in [1.54, 1.807) is 18.7 Å². The number of carbonyl (C=O) groups excluding carboxylic acids is 1. The van der Waals surface area contributed by atoms with Crippen LogP contribution in [0.15, 0.2) is 6.07 Å². The molecule has 2 N–H and O–H groups in total. The third kappa shape index (κ3) is 3.29. The summed E-state index contributed by atoms with van der Waals surface area (Å²) in [5.41, 5.74) is 2.19. The molecule has 2 heterocycles. The number of methoxy groups -OCH3 is 1. The average molecular weight is 331 g/mol. The lowest BCUT2D eigenvalue weighted by molar-refractivity contribution is 0.102. The monoisotopic (exact) mass is 331 g/mol. The standard InChI is InChI=1S/C17H25N5O2/c1-11-15(17(24-3)22(2)21-11)16(23)18-14-10-13(19-20-14)12-8-6-4-5-7-9-12/h10,12H,4-9H2,1-3H3,(H2,18,19,20,23). The molecule has 0 atom stereocenters. The van der Waals surface area contributed by atoms with Gasteiger partial charge in [-0.1, -0.05) is 25.7 Å². The predicted octanol–water partition coefficient (Wildman–Crippen LogP) is 3.15. The number of aromatic amines is 1. The number of aromatic nitrogens is 4. The van der Waals surface area contributed by atoms with Crippen molar-refractivity contribution in [2.45, 2.75) is 51.4 Å². The number of H-pyrrole nitrogens is 1. The summed E-state index contributed by atoms with van der Waals surface area (Å²) in [5.74, 6) is 1.26. The van der Waals surface area contributed by atoms with Crippen LogP contribution in [0.2, 0.25) is 0 Å². The second kappa shape index (κ2) is 7.07. The largest absolute Gasteiger partial charge is 0.481 e. The first-order chi connectivity index (χ1) is 11.6. The van der Waals surface area contributed by atoms with Crippen molar-refractivity contribution in [2.24, 2.45) is 7.05 Å². The Morgan fingerprint density at radius 3 is 2.71 bits per heavy atom. The fourth-order valence-electron chi connectivity index (χ4n) is 3.51. The molecule has 0 unspecified atom stereocenters. The van der Waals surface area contributed by atoms with E-state index in [1.165, 1.54) is 45.6 Å². The summed E-state index contributed by atoms with van der Waals surface area (Å²) in [4.78, 5) is 12.6. The molecule has 1 aliphatic carbocycles. The maximum Gasteiger partial charge on any atom is 0.264 e. The molecule has 0 aromatic carbocycles. The van der Waals surface area contributed by atoms with Gasteiger partial charge in [-0.25, -0.2) is 4.68 Å². The van der Waals surface area contributed by atoms with E-state index >= 15 is 0 Å². The number of anilines is 1. The van der Waals surface area contributed by atoms with Crippen LogP contribution < -0.4 is 10.1 Å². The maximum atomic E-state index is 12.6. The van der Waals surface area contributed by atoms with Crippen molar-refractivity contribution in [2.75, 3.05) is 12.4 Å². The molecule has 2 aromatic heterocycles. The number of ether oxygens (including phenoxy) is 1. The molecule has 0 radical (unpaired) electrons. The van der Waals surface area contributed by atoms with Gasteiger partial charge < -0.3 is 10.1 Å². The van der Waals surface area contributed by atoms with Crippen molar-refractivity contribution in [3.63, 3.8) is 0 Å². The molecular formula is C17H25N5O2. The average Bonchev–Trinajstić information content (AvgIpc) is 3.00. The zero-order chi connectivity index (χ0) is 17.1. The molecule has 1 aliphatic rings. The summed E-state index contributed by atoms with van der Waals surface area (Å²) >= 11 is 0. The lowest BCUT2D eigenvalue weighted by Gasteiger charge is -2.10. The van der Waals surface area contributed by atoms with Gasteiger partial charge in [0.15, 0.2) is 5.82 Å². The van der Waals surface area contributed by atoms with E-state index in [0.29, 0.717) is 28.9 Å². The highest BCUT2D eigenvalue weighted by atomic mass is 16.5. The molecule has 1 fully saturated rings. The number of aryl methyl sites for hydroxylation is 2. The Morgan fingerprint density at radius 2 is 2.04 bits per heavy atom. The van der Waals surface area contributed by atoms with E-state index in [0.717, 1.165) is 5.69 Å². The van der Waals surface area contributed by atoms with Crippen LogP contribution in [0.4, 0.5) is 5.82 Å². The van der Waals surface area contributed by atoms with Gasteiger partial charge in [0.05, 0.1) is 12.8 Å². The van der Waals surface area contributed by atoms with Crippen LogP contribution >= 0.6 is 0 Å². The fraction of sp³-hybridized carbons (Fsp3) is 0.588. The molecule has 2 aromatic rings. The van der Waals surface area contributed by atoms with Gasteiger partial charge in [-0.3, -0.25) is 9.89 Å². The zero-order valence-electron chi connectivity index (χ0n) is 14.6. The van der Waals surface area contributed by atoms with Crippen LogP contribution in [0.1, 0.15) is 66.2 Å². The summed E-state index contributed by atoms with van der Waals surface area (Å²) < 4.78 is 6.84. The molecule has 1 amide bonds. The van der Waals surface area contributed by atoms with Gasteiger partial charge in [-0.15, -0.1) is 0 Å². The summed E-state index contributed by atoms with van der Waals surface area (Å²) in [6, 6.07) is 1.95. The molecule has 7 heteroatoms. The minimum atomic E-state index is -0.253. The molecular weight excluding hydrogens is 306 g/mol. The first-order valence-corrected chi connectivity index (χ1v) is 8.54. The van der Waals surface area contributed by atoms with Gasteiger partial charge in [0, 0.05) is 24.7 Å². The van der Waals surface area contributed by atoms with Gasteiger partial charge in [0.25, 0.3) is 5.91 Å². The third-order valence-corrected chi connectivity index (χ3v) is 4.72. The first-order valence-electron chi connectivity index (χ1n) is 8.54. The van der Waals surface area contributed by atoms with Crippen molar-refractivity contribution in [1.29, 1.82) is 0 Å². The van der Waals surface area contributed by atoms with E-state index in [9.17, 15) is 4.79 Å². The first kappa shape index (κ1) is 16.5. The number of amides is 1. The van der Waals surface area contributed by atoms with Crippen LogP contribution in [0.25, 0.3) is 0 Å². The Bertz CT molecular complexity index is 711. The second-order valence-corrected chi connectivity index (χ2v) is 6.44. The van der Waals surface area contributed by atoms with Crippen LogP contribution in [0.5, 0.6) is 5.88 Å². The number of nitrogens with one attached hydrogen (secondary N) is 2. The fourth-order valence-corrected chi connectivity index (χ4v) is 3.51. The Labute approximate surface area is 141 Å². The Morgan fingerprint density at radius 1 is 1.33 bits per heavy atom. The minimum Gasteiger partial charge on any atom is -0.481 e. The quantitative estimate of drug-likeness (QED) is 0.843. The molecule has 130 valence electrons. The van der Waals surface area contributed by atoms with E-state index in [4.69, 9.17) is 4.74 Å². The number of rotatable bonds is 4. The number of carbonyl (C=O) groups is 1.